The monoisotopic (exact) mass is 456 g/mol. The topological polar surface area (TPSA) is 9.23 Å². The molecular formula is C17H25FeIOSi. The van der Waals surface area contributed by atoms with Crippen molar-refractivity contribution in [2.75, 3.05) is 0 Å². The zero-order chi connectivity index (χ0) is 15.2. The van der Waals surface area contributed by atoms with E-state index in [4.69, 9.17) is 4.43 Å². The number of hydrogen-bond acceptors (Lipinski definition) is 1. The predicted octanol–water partition coefficient (Wildman–Crippen LogP) is 5.93. The third-order valence-electron chi connectivity index (χ3n) is 3.76. The van der Waals surface area contributed by atoms with E-state index in [0.717, 1.165) is 6.61 Å². The molecule has 0 unspecified atom stereocenters. The Bertz CT molecular complexity index is 469. The van der Waals surface area contributed by atoms with Crippen molar-refractivity contribution in [1.29, 1.82) is 0 Å². The first-order valence-electron chi connectivity index (χ1n) is 6.94. The van der Waals surface area contributed by atoms with Crippen LogP contribution in [-0.2, 0) is 28.1 Å². The molecule has 2 aromatic carbocycles. The van der Waals surface area contributed by atoms with Crippen LogP contribution >= 0.6 is 22.6 Å². The second kappa shape index (κ2) is 9.31. The van der Waals surface area contributed by atoms with E-state index < -0.39 is 8.32 Å². The van der Waals surface area contributed by atoms with Crippen LogP contribution < -0.4 is 0 Å². The van der Waals surface area contributed by atoms with Gasteiger partial charge in [-0.1, -0.05) is 24.3 Å². The van der Waals surface area contributed by atoms with Gasteiger partial charge >= 0.3 is 17.1 Å². The minimum Gasteiger partial charge on any atom is -0.424 e. The third-order valence-corrected chi connectivity index (χ3v) is 8.96. The van der Waals surface area contributed by atoms with E-state index in [1.54, 1.807) is 0 Å². The van der Waals surface area contributed by atoms with Gasteiger partial charge in [0.15, 0.2) is 8.32 Å². The molecule has 118 valence electrons. The predicted molar refractivity (Wildman–Crippen MR) is 98.8 cm³/mol. The standard InChI is InChI=1S/C12H21OSi.C5H4I.Fe/c1-12(2,3)14(4,5)13-10-11-8-6-7-9-11;6-5-3-1-2-4-5;/h6-9H,10H2,1-5H3;1-4H;/q2*-1;+2. The van der Waals surface area contributed by atoms with Crippen LogP contribution in [0.2, 0.25) is 18.1 Å². The summed E-state index contributed by atoms with van der Waals surface area (Å²) in [6, 6.07) is 16.6. The molecule has 21 heavy (non-hydrogen) atoms. The van der Waals surface area contributed by atoms with Gasteiger partial charge in [0.05, 0.1) is 0 Å². The molecule has 0 aliphatic rings. The Labute approximate surface area is 155 Å². The van der Waals surface area contributed by atoms with Crippen molar-refractivity contribution < 1.29 is 21.5 Å². The van der Waals surface area contributed by atoms with Crippen LogP contribution in [0.15, 0.2) is 48.5 Å². The molecule has 0 radical (unpaired) electrons. The summed E-state index contributed by atoms with van der Waals surface area (Å²) in [6.07, 6.45) is 0. The molecular weight excluding hydrogens is 431 g/mol. The molecule has 0 saturated carbocycles. The van der Waals surface area contributed by atoms with Crippen molar-refractivity contribution in [2.45, 2.75) is 45.5 Å². The fraction of sp³-hybridized carbons (Fsp3) is 0.412. The van der Waals surface area contributed by atoms with E-state index in [0.29, 0.717) is 5.04 Å². The van der Waals surface area contributed by atoms with Crippen molar-refractivity contribution in [3.05, 3.63) is 57.7 Å². The van der Waals surface area contributed by atoms with Crippen LogP contribution in [-0.4, -0.2) is 8.32 Å². The van der Waals surface area contributed by atoms with Gasteiger partial charge in [-0.05, 0) is 18.1 Å². The van der Waals surface area contributed by atoms with Crippen LogP contribution in [0.25, 0.3) is 0 Å². The molecule has 0 saturated heterocycles. The first-order chi connectivity index (χ1) is 9.22. The van der Waals surface area contributed by atoms with Crippen LogP contribution in [0.3, 0.4) is 0 Å². The molecule has 2 rings (SSSR count). The second-order valence-corrected chi connectivity index (χ2v) is 12.5. The van der Waals surface area contributed by atoms with Gasteiger partial charge in [-0.3, -0.25) is 0 Å². The Kier molecular flexibility index (Phi) is 9.36. The molecule has 1 nitrogen and oxygen atoms in total. The smallest absolute Gasteiger partial charge is 0.424 e. The summed E-state index contributed by atoms with van der Waals surface area (Å²) in [5, 5.41) is 0.305. The van der Waals surface area contributed by atoms with E-state index >= 15 is 0 Å². The number of rotatable bonds is 3. The fourth-order valence-corrected chi connectivity index (χ4v) is 2.72. The maximum atomic E-state index is 6.08. The van der Waals surface area contributed by atoms with Gasteiger partial charge in [0.1, 0.15) is 0 Å². The van der Waals surface area contributed by atoms with Crippen molar-refractivity contribution >= 4 is 30.9 Å². The average Bonchev–Trinajstić information content (AvgIpc) is 2.98. The van der Waals surface area contributed by atoms with Crippen LogP contribution in [0.1, 0.15) is 26.3 Å². The first-order valence-corrected chi connectivity index (χ1v) is 10.9. The van der Waals surface area contributed by atoms with E-state index in [2.05, 4.69) is 92.9 Å². The van der Waals surface area contributed by atoms with Gasteiger partial charge in [0, 0.05) is 6.61 Å². The van der Waals surface area contributed by atoms with E-state index in [1.165, 1.54) is 9.13 Å². The Morgan fingerprint density at radius 3 is 1.71 bits per heavy atom. The normalized spacial score (nSPS) is 11.3. The van der Waals surface area contributed by atoms with Crippen molar-refractivity contribution in [3.8, 4) is 0 Å². The molecule has 0 heterocycles. The molecule has 2 aromatic rings. The molecule has 0 aromatic heterocycles. The molecule has 0 fully saturated rings. The zero-order valence-electron chi connectivity index (χ0n) is 13.5. The van der Waals surface area contributed by atoms with Gasteiger partial charge in [0.2, 0.25) is 0 Å². The quantitative estimate of drug-likeness (QED) is 0.316. The third kappa shape index (κ3) is 7.79. The summed E-state index contributed by atoms with van der Waals surface area (Å²) < 4.78 is 7.39. The van der Waals surface area contributed by atoms with E-state index in [-0.39, 0.29) is 17.1 Å². The van der Waals surface area contributed by atoms with Crippen molar-refractivity contribution in [3.63, 3.8) is 0 Å². The van der Waals surface area contributed by atoms with Gasteiger partial charge in [-0.2, -0.15) is 24.3 Å². The molecule has 0 atom stereocenters. The molecule has 0 amide bonds. The first kappa shape index (κ1) is 21.1. The van der Waals surface area contributed by atoms with Gasteiger partial charge in [-0.15, -0.1) is 28.2 Å². The maximum absolute atomic E-state index is 6.08. The largest absolute Gasteiger partial charge is 2.00 e. The SMILES string of the molecule is CC(C)(C)[Si](C)(C)OC[c-]1cccc1.I[c-]1cccc1.[Fe+2]. The van der Waals surface area contributed by atoms with Crippen molar-refractivity contribution in [2.24, 2.45) is 0 Å². The van der Waals surface area contributed by atoms with Gasteiger partial charge in [0.25, 0.3) is 0 Å². The van der Waals surface area contributed by atoms with E-state index in [9.17, 15) is 0 Å². The van der Waals surface area contributed by atoms with Crippen LogP contribution in [0, 0.1) is 3.57 Å². The van der Waals surface area contributed by atoms with Gasteiger partial charge in [-0.25, -0.2) is 24.3 Å². The average molecular weight is 456 g/mol. The molecule has 4 heteroatoms. The molecule has 0 spiro atoms. The van der Waals surface area contributed by atoms with Gasteiger partial charge < -0.3 is 4.43 Å². The maximum Gasteiger partial charge on any atom is 2.00 e. The molecule has 0 bridgehead atoms. The molecule has 0 N–H and O–H groups in total. The molecule has 0 aliphatic heterocycles. The summed E-state index contributed by atoms with van der Waals surface area (Å²) >= 11 is 2.28. The summed E-state index contributed by atoms with van der Waals surface area (Å²) in [7, 11) is -1.56. The number of hydrogen-bond donors (Lipinski definition) is 0. The zero-order valence-corrected chi connectivity index (χ0v) is 17.7. The summed E-state index contributed by atoms with van der Waals surface area (Å²) in [5.41, 5.74) is 1.29. The van der Waals surface area contributed by atoms with E-state index in [1.807, 2.05) is 12.1 Å². The minimum absolute atomic E-state index is 0. The second-order valence-electron chi connectivity index (χ2n) is 6.45. The van der Waals surface area contributed by atoms with Crippen LogP contribution in [0.4, 0.5) is 0 Å². The molecule has 0 aliphatic carbocycles. The van der Waals surface area contributed by atoms with Crippen molar-refractivity contribution in [1.82, 2.24) is 0 Å². The Balaban J connectivity index is 0.000000480. The summed E-state index contributed by atoms with van der Waals surface area (Å²) in [4.78, 5) is 0. The fourth-order valence-electron chi connectivity index (χ4n) is 1.34. The Morgan fingerprint density at radius 1 is 0.952 bits per heavy atom. The Morgan fingerprint density at radius 2 is 1.38 bits per heavy atom. The Hall–Kier alpha value is 0.126. The van der Waals surface area contributed by atoms with Crippen LogP contribution in [0.5, 0.6) is 0 Å². The minimum atomic E-state index is -1.56. The number of halogens is 1. The summed E-state index contributed by atoms with van der Waals surface area (Å²) in [6.45, 7) is 12.1. The summed E-state index contributed by atoms with van der Waals surface area (Å²) in [5.74, 6) is 0.